The fraction of sp³-hybridized carbons (Fsp3) is 0.733. The summed E-state index contributed by atoms with van der Waals surface area (Å²) in [4.78, 5) is 14.2. The van der Waals surface area contributed by atoms with Gasteiger partial charge in [0.05, 0.1) is 12.7 Å². The predicted octanol–water partition coefficient (Wildman–Crippen LogP) is 2.92. The van der Waals surface area contributed by atoms with Gasteiger partial charge in [0.1, 0.15) is 5.76 Å². The van der Waals surface area contributed by atoms with E-state index in [4.69, 9.17) is 4.52 Å². The van der Waals surface area contributed by atoms with Crippen LogP contribution < -0.4 is 0 Å². The van der Waals surface area contributed by atoms with Crippen LogP contribution in [-0.2, 0) is 17.8 Å². The molecule has 0 unspecified atom stereocenters. The fourth-order valence-electron chi connectivity index (χ4n) is 3.32. The van der Waals surface area contributed by atoms with E-state index in [0.717, 1.165) is 36.6 Å². The lowest BCUT2D eigenvalue weighted by atomic mass is 9.86. The van der Waals surface area contributed by atoms with E-state index < -0.39 is 0 Å². The zero-order valence-corrected chi connectivity index (χ0v) is 11.4. The number of fused-ring (bicyclic) bond motifs is 1. The summed E-state index contributed by atoms with van der Waals surface area (Å²) in [6.45, 7) is 1.47. The molecule has 2 heterocycles. The largest absolute Gasteiger partial charge is 0.361 e. The van der Waals surface area contributed by atoms with Gasteiger partial charge in [-0.2, -0.15) is 0 Å². The fourth-order valence-corrected chi connectivity index (χ4v) is 3.32. The number of aromatic nitrogens is 1. The van der Waals surface area contributed by atoms with Gasteiger partial charge in [0.2, 0.25) is 5.91 Å². The Morgan fingerprint density at radius 1 is 1.37 bits per heavy atom. The molecule has 3 rings (SSSR count). The first-order valence-corrected chi connectivity index (χ1v) is 7.53. The highest BCUT2D eigenvalue weighted by molar-refractivity contribution is 5.76. The molecular weight excluding hydrogens is 240 g/mol. The van der Waals surface area contributed by atoms with E-state index in [1.807, 2.05) is 4.90 Å². The second-order valence-corrected chi connectivity index (χ2v) is 5.88. The molecule has 0 bridgehead atoms. The number of hydrogen-bond acceptors (Lipinski definition) is 3. The minimum Gasteiger partial charge on any atom is -0.361 e. The standard InChI is InChI=1S/C15H22N2O2/c18-15(7-6-12-4-2-1-3-5-12)17-9-8-14-13(11-17)10-16-19-14/h10,12H,1-9,11H2. The minimum atomic E-state index is 0.303. The number of hydrogen-bond donors (Lipinski definition) is 0. The molecule has 4 nitrogen and oxygen atoms in total. The maximum atomic E-state index is 12.2. The van der Waals surface area contributed by atoms with Crippen LogP contribution in [0.5, 0.6) is 0 Å². The molecule has 1 aliphatic carbocycles. The van der Waals surface area contributed by atoms with E-state index in [1.54, 1.807) is 6.20 Å². The van der Waals surface area contributed by atoms with E-state index >= 15 is 0 Å². The van der Waals surface area contributed by atoms with Crippen molar-refractivity contribution in [3.8, 4) is 0 Å². The maximum absolute atomic E-state index is 12.2. The Balaban J connectivity index is 1.48. The lowest BCUT2D eigenvalue weighted by molar-refractivity contribution is -0.132. The molecule has 0 aromatic carbocycles. The molecule has 0 saturated heterocycles. The molecule has 1 saturated carbocycles. The number of nitrogens with zero attached hydrogens (tertiary/aromatic N) is 2. The van der Waals surface area contributed by atoms with Crippen LogP contribution >= 0.6 is 0 Å². The Bertz CT molecular complexity index is 435. The predicted molar refractivity (Wildman–Crippen MR) is 71.4 cm³/mol. The first-order valence-electron chi connectivity index (χ1n) is 7.53. The second-order valence-electron chi connectivity index (χ2n) is 5.88. The third-order valence-corrected chi connectivity index (χ3v) is 4.54. The van der Waals surface area contributed by atoms with Crippen LogP contribution in [0.25, 0.3) is 0 Å². The molecular formula is C15H22N2O2. The van der Waals surface area contributed by atoms with Crippen molar-refractivity contribution in [1.29, 1.82) is 0 Å². The first-order chi connectivity index (χ1) is 9.33. The van der Waals surface area contributed by atoms with Crippen molar-refractivity contribution in [2.45, 2.75) is 57.9 Å². The van der Waals surface area contributed by atoms with Gasteiger partial charge in [-0.3, -0.25) is 4.79 Å². The summed E-state index contributed by atoms with van der Waals surface area (Å²) in [6.07, 6.45) is 11.1. The van der Waals surface area contributed by atoms with Crippen molar-refractivity contribution in [1.82, 2.24) is 10.1 Å². The van der Waals surface area contributed by atoms with Crippen molar-refractivity contribution in [3.05, 3.63) is 17.5 Å². The number of carbonyl (C=O) groups excluding carboxylic acids is 1. The van der Waals surface area contributed by atoms with E-state index in [-0.39, 0.29) is 0 Å². The van der Waals surface area contributed by atoms with Crippen molar-refractivity contribution in [3.63, 3.8) is 0 Å². The van der Waals surface area contributed by atoms with Gasteiger partial charge in [-0.25, -0.2) is 0 Å². The van der Waals surface area contributed by atoms with Gasteiger partial charge in [0.25, 0.3) is 0 Å². The summed E-state index contributed by atoms with van der Waals surface area (Å²) in [5, 5.41) is 3.80. The van der Waals surface area contributed by atoms with Gasteiger partial charge in [0, 0.05) is 24.9 Å². The normalized spacial score (nSPS) is 20.3. The SMILES string of the molecule is O=C(CCC1CCCCC1)N1CCc2oncc2C1. The lowest BCUT2D eigenvalue weighted by Gasteiger charge is -2.27. The molecule has 1 aliphatic heterocycles. The van der Waals surface area contributed by atoms with Gasteiger partial charge in [0.15, 0.2) is 0 Å². The van der Waals surface area contributed by atoms with E-state index in [1.165, 1.54) is 32.1 Å². The Hall–Kier alpha value is -1.32. The Morgan fingerprint density at radius 2 is 2.21 bits per heavy atom. The zero-order chi connectivity index (χ0) is 13.1. The Morgan fingerprint density at radius 3 is 3.05 bits per heavy atom. The van der Waals surface area contributed by atoms with E-state index in [9.17, 15) is 4.79 Å². The van der Waals surface area contributed by atoms with Gasteiger partial charge in [-0.15, -0.1) is 0 Å². The summed E-state index contributed by atoms with van der Waals surface area (Å²) < 4.78 is 5.15. The monoisotopic (exact) mass is 262 g/mol. The molecule has 1 amide bonds. The molecule has 1 fully saturated rings. The van der Waals surface area contributed by atoms with Crippen molar-refractivity contribution >= 4 is 5.91 Å². The molecule has 0 N–H and O–H groups in total. The van der Waals surface area contributed by atoms with Gasteiger partial charge >= 0.3 is 0 Å². The van der Waals surface area contributed by atoms with Crippen LogP contribution in [0.1, 0.15) is 56.3 Å². The van der Waals surface area contributed by atoms with Crippen LogP contribution in [0.15, 0.2) is 10.7 Å². The lowest BCUT2D eigenvalue weighted by Crippen LogP contribution is -2.35. The van der Waals surface area contributed by atoms with Gasteiger partial charge in [-0.1, -0.05) is 37.3 Å². The summed E-state index contributed by atoms with van der Waals surface area (Å²) in [5.41, 5.74) is 1.08. The first kappa shape index (κ1) is 12.7. The highest BCUT2D eigenvalue weighted by Crippen LogP contribution is 2.28. The molecule has 1 aromatic rings. The van der Waals surface area contributed by atoms with Gasteiger partial charge < -0.3 is 9.42 Å². The molecule has 0 spiro atoms. The topological polar surface area (TPSA) is 46.3 Å². The molecule has 1 aromatic heterocycles. The van der Waals surface area contributed by atoms with Crippen LogP contribution in [0.4, 0.5) is 0 Å². The van der Waals surface area contributed by atoms with Crippen molar-refractivity contribution in [2.75, 3.05) is 6.54 Å². The summed E-state index contributed by atoms with van der Waals surface area (Å²) in [6, 6.07) is 0. The summed E-state index contributed by atoms with van der Waals surface area (Å²) in [7, 11) is 0. The number of rotatable bonds is 3. The van der Waals surface area contributed by atoms with Gasteiger partial charge in [-0.05, 0) is 12.3 Å². The molecule has 104 valence electrons. The third kappa shape index (κ3) is 2.99. The molecule has 4 heteroatoms. The smallest absolute Gasteiger partial charge is 0.222 e. The minimum absolute atomic E-state index is 0.303. The maximum Gasteiger partial charge on any atom is 0.222 e. The van der Waals surface area contributed by atoms with Crippen molar-refractivity contribution < 1.29 is 9.32 Å². The van der Waals surface area contributed by atoms with Crippen LogP contribution in [0.2, 0.25) is 0 Å². The quantitative estimate of drug-likeness (QED) is 0.841. The van der Waals surface area contributed by atoms with Crippen LogP contribution in [-0.4, -0.2) is 22.5 Å². The average Bonchev–Trinajstić information content (AvgIpc) is 2.93. The molecule has 0 atom stereocenters. The molecule has 19 heavy (non-hydrogen) atoms. The molecule has 2 aliphatic rings. The average molecular weight is 262 g/mol. The van der Waals surface area contributed by atoms with E-state index in [0.29, 0.717) is 18.9 Å². The van der Waals surface area contributed by atoms with Crippen LogP contribution in [0.3, 0.4) is 0 Å². The number of amides is 1. The number of carbonyl (C=O) groups is 1. The van der Waals surface area contributed by atoms with Crippen molar-refractivity contribution in [2.24, 2.45) is 5.92 Å². The second kappa shape index (κ2) is 5.76. The third-order valence-electron chi connectivity index (χ3n) is 4.54. The Kier molecular flexibility index (Phi) is 3.85. The highest BCUT2D eigenvalue weighted by atomic mass is 16.5. The van der Waals surface area contributed by atoms with E-state index in [2.05, 4.69) is 5.16 Å². The zero-order valence-electron chi connectivity index (χ0n) is 11.4. The van der Waals surface area contributed by atoms with Crippen LogP contribution in [0, 0.1) is 5.92 Å². The summed E-state index contributed by atoms with van der Waals surface area (Å²) in [5.74, 6) is 2.04. The Labute approximate surface area is 114 Å². The summed E-state index contributed by atoms with van der Waals surface area (Å²) >= 11 is 0. The molecule has 0 radical (unpaired) electrons. The highest BCUT2D eigenvalue weighted by Gasteiger charge is 2.24.